The van der Waals surface area contributed by atoms with E-state index < -0.39 is 33.6 Å². The molecule has 0 aliphatic carbocycles. The van der Waals surface area contributed by atoms with Crippen LogP contribution in [0.1, 0.15) is 0 Å². The standard InChI is InChI=1S/C17H17N3O7S/c21-7-5-19(6-8-22)28(26,27)12-2-4-16-14(10-12)17(23)13-9-11(20(24)25)1-3-15(13)18-16/h1-4,9-10,21-22H,5-8H2,(H,18,23). The maximum atomic E-state index is 12.8. The van der Waals surface area contributed by atoms with E-state index in [2.05, 4.69) is 4.98 Å². The van der Waals surface area contributed by atoms with Gasteiger partial charge in [-0.15, -0.1) is 0 Å². The van der Waals surface area contributed by atoms with Gasteiger partial charge in [-0.2, -0.15) is 4.31 Å². The SMILES string of the molecule is O=c1c2cc([N+](=O)[O-])ccc2[nH]c2ccc(S(=O)(=O)N(CCO)CCO)cc12. The third kappa shape index (κ3) is 3.47. The number of aliphatic hydroxyl groups excluding tert-OH is 2. The average Bonchev–Trinajstić information content (AvgIpc) is 2.67. The molecule has 3 N–H and O–H groups in total. The molecule has 3 aromatic rings. The highest BCUT2D eigenvalue weighted by molar-refractivity contribution is 7.89. The summed E-state index contributed by atoms with van der Waals surface area (Å²) in [5.41, 5.74) is -0.0272. The number of hydrogen-bond acceptors (Lipinski definition) is 7. The summed E-state index contributed by atoms with van der Waals surface area (Å²) in [6.45, 7) is -1.27. The van der Waals surface area contributed by atoms with Crippen LogP contribution in [0.25, 0.3) is 21.8 Å². The van der Waals surface area contributed by atoms with Gasteiger partial charge in [-0.05, 0) is 24.3 Å². The lowest BCUT2D eigenvalue weighted by Gasteiger charge is -2.20. The number of pyridine rings is 1. The molecule has 0 aliphatic heterocycles. The van der Waals surface area contributed by atoms with Crippen molar-refractivity contribution in [1.29, 1.82) is 0 Å². The fourth-order valence-electron chi connectivity index (χ4n) is 2.94. The predicted octanol–water partition coefficient (Wildman–Crippen LogP) is 0.565. The molecule has 28 heavy (non-hydrogen) atoms. The number of fused-ring (bicyclic) bond motifs is 2. The maximum Gasteiger partial charge on any atom is 0.270 e. The molecular formula is C17H17N3O7S. The Hall–Kier alpha value is -2.86. The summed E-state index contributed by atoms with van der Waals surface area (Å²) in [7, 11) is -4.06. The highest BCUT2D eigenvalue weighted by atomic mass is 32.2. The van der Waals surface area contributed by atoms with Gasteiger partial charge in [0, 0.05) is 36.1 Å². The smallest absolute Gasteiger partial charge is 0.270 e. The number of sulfonamides is 1. The molecule has 1 aromatic heterocycles. The number of nitrogens with one attached hydrogen (secondary N) is 1. The summed E-state index contributed by atoms with van der Waals surface area (Å²) in [6.07, 6.45) is 0. The second-order valence-electron chi connectivity index (χ2n) is 6.00. The van der Waals surface area contributed by atoms with Crippen LogP contribution in [0.2, 0.25) is 0 Å². The molecule has 10 nitrogen and oxygen atoms in total. The fraction of sp³-hybridized carbons (Fsp3) is 0.235. The molecule has 1 heterocycles. The number of benzene rings is 2. The molecule has 0 saturated carbocycles. The van der Waals surface area contributed by atoms with E-state index in [4.69, 9.17) is 10.2 Å². The molecule has 3 rings (SSSR count). The van der Waals surface area contributed by atoms with Crippen molar-refractivity contribution in [3.05, 3.63) is 56.7 Å². The first-order valence-corrected chi connectivity index (χ1v) is 9.69. The maximum absolute atomic E-state index is 12.8. The van der Waals surface area contributed by atoms with Crippen molar-refractivity contribution in [2.75, 3.05) is 26.3 Å². The Labute approximate surface area is 158 Å². The second-order valence-corrected chi connectivity index (χ2v) is 7.94. The van der Waals surface area contributed by atoms with Gasteiger partial charge in [0.25, 0.3) is 5.69 Å². The van der Waals surface area contributed by atoms with Gasteiger partial charge in [0.2, 0.25) is 10.0 Å². The topological polar surface area (TPSA) is 154 Å². The third-order valence-electron chi connectivity index (χ3n) is 4.30. The molecule has 0 fully saturated rings. The molecule has 0 spiro atoms. The van der Waals surface area contributed by atoms with Crippen LogP contribution in [0.4, 0.5) is 5.69 Å². The molecule has 148 valence electrons. The highest BCUT2D eigenvalue weighted by Crippen LogP contribution is 2.23. The molecule has 0 bridgehead atoms. The average molecular weight is 407 g/mol. The van der Waals surface area contributed by atoms with E-state index in [1.165, 1.54) is 30.3 Å². The first-order valence-electron chi connectivity index (χ1n) is 8.25. The monoisotopic (exact) mass is 407 g/mol. The summed E-state index contributed by atoms with van der Waals surface area (Å²) < 4.78 is 26.5. The molecular weight excluding hydrogens is 390 g/mol. The van der Waals surface area contributed by atoms with Gasteiger partial charge in [-0.3, -0.25) is 14.9 Å². The summed E-state index contributed by atoms with van der Waals surface area (Å²) in [6, 6.07) is 7.75. The molecule has 0 saturated heterocycles. The number of aliphatic hydroxyl groups is 2. The van der Waals surface area contributed by atoms with Gasteiger partial charge >= 0.3 is 0 Å². The Morgan fingerprint density at radius 1 is 1.00 bits per heavy atom. The van der Waals surface area contributed by atoms with Gasteiger partial charge in [0.1, 0.15) is 0 Å². The minimum Gasteiger partial charge on any atom is -0.395 e. The van der Waals surface area contributed by atoms with Crippen LogP contribution in [0.3, 0.4) is 0 Å². The molecule has 11 heteroatoms. The summed E-state index contributed by atoms with van der Waals surface area (Å²) >= 11 is 0. The largest absolute Gasteiger partial charge is 0.395 e. The van der Waals surface area contributed by atoms with E-state index in [0.29, 0.717) is 11.0 Å². The van der Waals surface area contributed by atoms with Crippen molar-refractivity contribution in [3.8, 4) is 0 Å². The number of nitro groups is 1. The fourth-order valence-corrected chi connectivity index (χ4v) is 4.39. The third-order valence-corrected chi connectivity index (χ3v) is 6.19. The number of nitro benzene ring substituents is 1. The lowest BCUT2D eigenvalue weighted by Crippen LogP contribution is -2.35. The van der Waals surface area contributed by atoms with E-state index in [1.54, 1.807) is 0 Å². The van der Waals surface area contributed by atoms with E-state index in [0.717, 1.165) is 10.4 Å². The van der Waals surface area contributed by atoms with Crippen molar-refractivity contribution in [2.24, 2.45) is 0 Å². The van der Waals surface area contributed by atoms with Gasteiger partial charge in [-0.1, -0.05) is 0 Å². The number of rotatable bonds is 7. The molecule has 0 radical (unpaired) electrons. The van der Waals surface area contributed by atoms with Crippen molar-refractivity contribution in [3.63, 3.8) is 0 Å². The number of aromatic amines is 1. The summed E-state index contributed by atoms with van der Waals surface area (Å²) in [5, 5.41) is 29.3. The Morgan fingerprint density at radius 3 is 2.14 bits per heavy atom. The molecule has 0 amide bonds. The Bertz CT molecular complexity index is 1210. The van der Waals surface area contributed by atoms with Crippen LogP contribution in [0.5, 0.6) is 0 Å². The normalized spacial score (nSPS) is 12.1. The van der Waals surface area contributed by atoms with Gasteiger partial charge in [0.05, 0.1) is 33.9 Å². The lowest BCUT2D eigenvalue weighted by molar-refractivity contribution is -0.384. The van der Waals surface area contributed by atoms with Crippen LogP contribution in [0, 0.1) is 10.1 Å². The molecule has 0 aliphatic rings. The number of nitrogens with zero attached hydrogens (tertiary/aromatic N) is 2. The zero-order chi connectivity index (χ0) is 20.5. The van der Waals surface area contributed by atoms with E-state index in [9.17, 15) is 23.3 Å². The summed E-state index contributed by atoms with van der Waals surface area (Å²) in [4.78, 5) is 26.0. The predicted molar refractivity (Wildman–Crippen MR) is 102 cm³/mol. The van der Waals surface area contributed by atoms with Crippen LogP contribution in [0.15, 0.2) is 46.1 Å². The minimum atomic E-state index is -4.06. The van der Waals surface area contributed by atoms with Crippen molar-refractivity contribution in [2.45, 2.75) is 4.90 Å². The van der Waals surface area contributed by atoms with Crippen molar-refractivity contribution >= 4 is 37.5 Å². The van der Waals surface area contributed by atoms with Gasteiger partial charge < -0.3 is 15.2 Å². The number of non-ortho nitro benzene ring substituents is 1. The zero-order valence-corrected chi connectivity index (χ0v) is 15.3. The van der Waals surface area contributed by atoms with Crippen LogP contribution >= 0.6 is 0 Å². The zero-order valence-electron chi connectivity index (χ0n) is 14.5. The van der Waals surface area contributed by atoms with Gasteiger partial charge in [-0.25, -0.2) is 8.42 Å². The Kier molecular flexibility index (Phi) is 5.42. The van der Waals surface area contributed by atoms with Crippen molar-refractivity contribution in [1.82, 2.24) is 9.29 Å². The van der Waals surface area contributed by atoms with Crippen LogP contribution in [-0.2, 0) is 10.0 Å². The van der Waals surface area contributed by atoms with Crippen molar-refractivity contribution < 1.29 is 23.6 Å². The lowest BCUT2D eigenvalue weighted by atomic mass is 10.1. The number of H-pyrrole nitrogens is 1. The van der Waals surface area contributed by atoms with E-state index in [1.807, 2.05) is 0 Å². The van der Waals surface area contributed by atoms with Crippen LogP contribution < -0.4 is 5.43 Å². The summed E-state index contributed by atoms with van der Waals surface area (Å²) in [5.74, 6) is 0. The number of aromatic nitrogens is 1. The van der Waals surface area contributed by atoms with E-state index in [-0.39, 0.29) is 34.4 Å². The van der Waals surface area contributed by atoms with Gasteiger partial charge in [0.15, 0.2) is 5.43 Å². The van der Waals surface area contributed by atoms with E-state index >= 15 is 0 Å². The first-order chi connectivity index (χ1) is 13.3. The van der Waals surface area contributed by atoms with Crippen LogP contribution in [-0.4, -0.2) is 59.1 Å². The second kappa shape index (κ2) is 7.64. The molecule has 0 unspecified atom stereocenters. The number of hydrogen-bond donors (Lipinski definition) is 3. The minimum absolute atomic E-state index is 0.0574. The quantitative estimate of drug-likeness (QED) is 0.294. The molecule has 2 aromatic carbocycles. The highest BCUT2D eigenvalue weighted by Gasteiger charge is 2.24. The Balaban J connectivity index is 2.22. The first kappa shape index (κ1) is 19.9. The molecule has 0 atom stereocenters. The Morgan fingerprint density at radius 2 is 1.57 bits per heavy atom.